The van der Waals surface area contributed by atoms with Crippen LogP contribution in [-0.2, 0) is 17.9 Å². The molecular formula is C16H23N3OS. The molecule has 1 N–H and O–H groups in total. The average molecular weight is 305 g/mol. The van der Waals surface area contributed by atoms with Crippen LogP contribution in [0.15, 0.2) is 12.1 Å². The number of nitrogens with zero attached hydrogens (tertiary/aromatic N) is 2. The molecule has 0 radical (unpaired) electrons. The molecular weight excluding hydrogens is 282 g/mol. The van der Waals surface area contributed by atoms with Crippen molar-refractivity contribution in [3.05, 3.63) is 34.1 Å². The third-order valence-corrected chi connectivity index (χ3v) is 4.25. The first-order valence-electron chi connectivity index (χ1n) is 7.28. The van der Waals surface area contributed by atoms with Crippen LogP contribution >= 0.6 is 11.3 Å². The number of hydrogen-bond acceptors (Lipinski definition) is 5. The van der Waals surface area contributed by atoms with Gasteiger partial charge in [-0.1, -0.05) is 6.92 Å². The van der Waals surface area contributed by atoms with Crippen molar-refractivity contribution in [2.24, 2.45) is 0 Å². The van der Waals surface area contributed by atoms with E-state index in [1.807, 2.05) is 13.8 Å². The number of methoxy groups -OCH3 is 1. The lowest BCUT2D eigenvalue weighted by Gasteiger charge is -2.02. The van der Waals surface area contributed by atoms with Crippen molar-refractivity contribution in [1.29, 1.82) is 0 Å². The minimum absolute atomic E-state index is 0.558. The number of pyridine rings is 1. The van der Waals surface area contributed by atoms with Crippen LogP contribution in [0.3, 0.4) is 0 Å². The molecule has 2 aromatic heterocycles. The number of rotatable bonds is 7. The van der Waals surface area contributed by atoms with Crippen molar-refractivity contribution in [1.82, 2.24) is 15.3 Å². The van der Waals surface area contributed by atoms with Gasteiger partial charge >= 0.3 is 0 Å². The van der Waals surface area contributed by atoms with Gasteiger partial charge in [0.05, 0.1) is 12.3 Å². The van der Waals surface area contributed by atoms with E-state index in [1.54, 1.807) is 18.4 Å². The van der Waals surface area contributed by atoms with Gasteiger partial charge in [-0.25, -0.2) is 4.98 Å². The molecule has 0 spiro atoms. The number of hydrogen-bond donors (Lipinski definition) is 1. The van der Waals surface area contributed by atoms with Crippen LogP contribution in [0, 0.1) is 13.8 Å². The predicted octanol–water partition coefficient (Wildman–Crippen LogP) is 3.47. The van der Waals surface area contributed by atoms with Gasteiger partial charge in [-0.15, -0.1) is 11.3 Å². The van der Waals surface area contributed by atoms with Crippen LogP contribution in [0.1, 0.15) is 35.3 Å². The molecule has 0 aliphatic carbocycles. The number of aryl methyl sites for hydroxylation is 2. The van der Waals surface area contributed by atoms with Crippen LogP contribution in [0.5, 0.6) is 0 Å². The molecule has 0 bridgehead atoms. The van der Waals surface area contributed by atoms with E-state index in [-0.39, 0.29) is 0 Å². The van der Waals surface area contributed by atoms with Crippen molar-refractivity contribution in [2.75, 3.05) is 13.7 Å². The maximum absolute atomic E-state index is 5.28. The second-order valence-corrected chi connectivity index (χ2v) is 6.22. The summed E-state index contributed by atoms with van der Waals surface area (Å²) in [5, 5.41) is 4.49. The molecule has 0 atom stereocenters. The zero-order valence-electron chi connectivity index (χ0n) is 13.2. The van der Waals surface area contributed by atoms with E-state index in [9.17, 15) is 0 Å². The molecule has 0 aliphatic heterocycles. The van der Waals surface area contributed by atoms with Gasteiger partial charge in [0.25, 0.3) is 0 Å². The van der Waals surface area contributed by atoms with E-state index in [0.29, 0.717) is 6.61 Å². The lowest BCUT2D eigenvalue weighted by atomic mass is 10.2. The van der Waals surface area contributed by atoms with Gasteiger partial charge in [-0.05, 0) is 38.9 Å². The summed E-state index contributed by atoms with van der Waals surface area (Å²) in [7, 11) is 1.71. The first kappa shape index (κ1) is 16.1. The summed E-state index contributed by atoms with van der Waals surface area (Å²) in [5.41, 5.74) is 4.23. The van der Waals surface area contributed by atoms with E-state index in [2.05, 4.69) is 29.4 Å². The highest BCUT2D eigenvalue weighted by Gasteiger charge is 2.13. The highest BCUT2D eigenvalue weighted by atomic mass is 32.1. The Morgan fingerprint density at radius 2 is 1.90 bits per heavy atom. The normalized spacial score (nSPS) is 11.0. The maximum atomic E-state index is 5.28. The molecule has 2 heterocycles. The molecule has 0 saturated carbocycles. The molecule has 0 unspecified atom stereocenters. The summed E-state index contributed by atoms with van der Waals surface area (Å²) in [6, 6.07) is 4.18. The Hall–Kier alpha value is -1.30. The first-order chi connectivity index (χ1) is 10.1. The van der Waals surface area contributed by atoms with Gasteiger partial charge in [0.15, 0.2) is 0 Å². The van der Waals surface area contributed by atoms with Crippen molar-refractivity contribution < 1.29 is 4.74 Å². The van der Waals surface area contributed by atoms with E-state index in [0.717, 1.165) is 47.2 Å². The minimum Gasteiger partial charge on any atom is -0.378 e. The number of thiazole rings is 1. The summed E-state index contributed by atoms with van der Waals surface area (Å²) in [6.07, 6.45) is 1.13. The second-order valence-electron chi connectivity index (χ2n) is 5.14. The highest BCUT2D eigenvalue weighted by Crippen LogP contribution is 2.29. The number of nitrogens with one attached hydrogen (secondary N) is 1. The topological polar surface area (TPSA) is 47.0 Å². The van der Waals surface area contributed by atoms with Gasteiger partial charge in [0.2, 0.25) is 0 Å². The molecule has 2 rings (SSSR count). The van der Waals surface area contributed by atoms with Crippen molar-refractivity contribution in [3.63, 3.8) is 0 Å². The largest absolute Gasteiger partial charge is 0.378 e. The third-order valence-electron chi connectivity index (χ3n) is 3.10. The lowest BCUT2D eigenvalue weighted by molar-refractivity contribution is 0.181. The fourth-order valence-corrected chi connectivity index (χ4v) is 3.25. The fraction of sp³-hybridized carbons (Fsp3) is 0.500. The summed E-state index contributed by atoms with van der Waals surface area (Å²) < 4.78 is 5.28. The van der Waals surface area contributed by atoms with Crippen molar-refractivity contribution in [2.45, 2.75) is 40.3 Å². The summed E-state index contributed by atoms with van der Waals surface area (Å²) in [4.78, 5) is 10.4. The average Bonchev–Trinajstić information content (AvgIpc) is 2.82. The zero-order chi connectivity index (χ0) is 15.2. The van der Waals surface area contributed by atoms with Gasteiger partial charge < -0.3 is 10.1 Å². The van der Waals surface area contributed by atoms with Gasteiger partial charge in [-0.3, -0.25) is 4.98 Å². The van der Waals surface area contributed by atoms with E-state index >= 15 is 0 Å². The van der Waals surface area contributed by atoms with Gasteiger partial charge in [0, 0.05) is 35.5 Å². The summed E-state index contributed by atoms with van der Waals surface area (Å²) >= 11 is 1.74. The second kappa shape index (κ2) is 7.64. The minimum atomic E-state index is 0.558. The Morgan fingerprint density at radius 3 is 2.52 bits per heavy atom. The predicted molar refractivity (Wildman–Crippen MR) is 87.5 cm³/mol. The fourth-order valence-electron chi connectivity index (χ4n) is 2.23. The van der Waals surface area contributed by atoms with Crippen LogP contribution in [0.2, 0.25) is 0 Å². The lowest BCUT2D eigenvalue weighted by Crippen LogP contribution is -2.14. The van der Waals surface area contributed by atoms with Gasteiger partial charge in [-0.2, -0.15) is 0 Å². The Bertz CT molecular complexity index is 575. The molecule has 5 heteroatoms. The molecule has 0 aliphatic rings. The molecule has 0 fully saturated rings. The zero-order valence-corrected chi connectivity index (χ0v) is 14.0. The summed E-state index contributed by atoms with van der Waals surface area (Å²) in [5.74, 6) is 0. The molecule has 0 aromatic carbocycles. The highest BCUT2D eigenvalue weighted by molar-refractivity contribution is 7.15. The van der Waals surface area contributed by atoms with Crippen LogP contribution in [0.4, 0.5) is 0 Å². The standard InChI is InChI=1S/C16H23N3OS/c1-5-6-17-9-15-14(10-20-4)19-16(21-15)13-7-11(2)18-12(3)8-13/h7-8,17H,5-6,9-10H2,1-4H3. The molecule has 0 amide bonds. The monoisotopic (exact) mass is 305 g/mol. The Morgan fingerprint density at radius 1 is 1.19 bits per heavy atom. The Balaban J connectivity index is 2.29. The van der Waals surface area contributed by atoms with Crippen molar-refractivity contribution in [3.8, 4) is 10.6 Å². The van der Waals surface area contributed by atoms with Crippen LogP contribution in [-0.4, -0.2) is 23.6 Å². The third kappa shape index (κ3) is 4.33. The number of ether oxygens (including phenoxy) is 1. The molecule has 4 nitrogen and oxygen atoms in total. The molecule has 21 heavy (non-hydrogen) atoms. The van der Waals surface area contributed by atoms with E-state index in [1.165, 1.54) is 4.88 Å². The van der Waals surface area contributed by atoms with Crippen LogP contribution < -0.4 is 5.32 Å². The summed E-state index contributed by atoms with van der Waals surface area (Å²) in [6.45, 7) is 8.64. The van der Waals surface area contributed by atoms with E-state index < -0.39 is 0 Å². The van der Waals surface area contributed by atoms with Crippen LogP contribution in [0.25, 0.3) is 10.6 Å². The van der Waals surface area contributed by atoms with Gasteiger partial charge in [0.1, 0.15) is 5.01 Å². The van der Waals surface area contributed by atoms with E-state index in [4.69, 9.17) is 9.72 Å². The smallest absolute Gasteiger partial charge is 0.124 e. The SMILES string of the molecule is CCCNCc1sc(-c2cc(C)nc(C)c2)nc1COC. The number of aromatic nitrogens is 2. The van der Waals surface area contributed by atoms with Crippen molar-refractivity contribution >= 4 is 11.3 Å². The maximum Gasteiger partial charge on any atom is 0.124 e. The molecule has 2 aromatic rings. The Kier molecular flexibility index (Phi) is 5.85. The first-order valence-corrected chi connectivity index (χ1v) is 8.09. The molecule has 0 saturated heterocycles. The quantitative estimate of drug-likeness (QED) is 0.796. The Labute approximate surface area is 130 Å². The molecule has 114 valence electrons.